The highest BCUT2D eigenvalue weighted by Crippen LogP contribution is 2.21. The number of hydrogen-bond donors (Lipinski definition) is 2. The van der Waals surface area contributed by atoms with Gasteiger partial charge in [0, 0.05) is 19.6 Å². The van der Waals surface area contributed by atoms with E-state index in [1.54, 1.807) is 11.0 Å². The Morgan fingerprint density at radius 2 is 2.15 bits per heavy atom. The smallest absolute Gasteiger partial charge is 0.318 e. The number of hydrogen-bond acceptors (Lipinski definition) is 2. The van der Waals surface area contributed by atoms with E-state index >= 15 is 0 Å². The first kappa shape index (κ1) is 14.8. The minimum Gasteiger partial charge on any atom is -0.329 e. The fourth-order valence-corrected chi connectivity index (χ4v) is 2.34. The molecule has 1 aromatic rings. The van der Waals surface area contributed by atoms with Gasteiger partial charge in [-0.1, -0.05) is 12.1 Å². The Morgan fingerprint density at radius 3 is 2.90 bits per heavy atom. The van der Waals surface area contributed by atoms with Gasteiger partial charge in [0.05, 0.1) is 5.54 Å². The number of rotatable bonds is 2. The van der Waals surface area contributed by atoms with Crippen molar-refractivity contribution in [2.24, 2.45) is 0 Å². The van der Waals surface area contributed by atoms with Crippen LogP contribution in [0.3, 0.4) is 0 Å². The molecule has 0 aromatic heterocycles. The summed E-state index contributed by atoms with van der Waals surface area (Å²) in [6.07, 6.45) is 0.952. The van der Waals surface area contributed by atoms with Crippen LogP contribution in [0.4, 0.5) is 9.18 Å². The minimum atomic E-state index is -0.598. The lowest BCUT2D eigenvalue weighted by Gasteiger charge is -2.31. The van der Waals surface area contributed by atoms with Crippen LogP contribution >= 0.6 is 0 Å². The number of carbonyl (C=O) groups excluding carboxylic acids is 1. The number of urea groups is 1. The molecule has 0 spiro atoms. The standard InChI is InChI=1S/C15H22FN3O/c1-15(2,12-5-3-6-13(16)11-12)18-14(20)19-9-4-7-17-8-10-19/h3,5-6,11,17H,4,7-10H2,1-2H3,(H,18,20). The van der Waals surface area contributed by atoms with Gasteiger partial charge in [-0.25, -0.2) is 9.18 Å². The summed E-state index contributed by atoms with van der Waals surface area (Å²) in [5.74, 6) is -0.288. The topological polar surface area (TPSA) is 44.4 Å². The second-order valence-electron chi connectivity index (χ2n) is 5.66. The molecule has 2 N–H and O–H groups in total. The lowest BCUT2D eigenvalue weighted by molar-refractivity contribution is 0.190. The van der Waals surface area contributed by atoms with E-state index in [0.717, 1.165) is 31.6 Å². The van der Waals surface area contributed by atoms with Gasteiger partial charge >= 0.3 is 6.03 Å². The molecule has 110 valence electrons. The van der Waals surface area contributed by atoms with Gasteiger partial charge in [-0.15, -0.1) is 0 Å². The summed E-state index contributed by atoms with van der Waals surface area (Å²) in [5, 5.41) is 6.25. The number of carbonyl (C=O) groups is 1. The molecule has 1 fully saturated rings. The first-order valence-corrected chi connectivity index (χ1v) is 7.03. The normalized spacial score (nSPS) is 16.6. The van der Waals surface area contributed by atoms with Crippen molar-refractivity contribution in [2.75, 3.05) is 26.2 Å². The van der Waals surface area contributed by atoms with E-state index < -0.39 is 5.54 Å². The number of nitrogens with zero attached hydrogens (tertiary/aromatic N) is 1. The molecule has 0 atom stereocenters. The molecule has 20 heavy (non-hydrogen) atoms. The summed E-state index contributed by atoms with van der Waals surface area (Å²) < 4.78 is 13.3. The van der Waals surface area contributed by atoms with Crippen molar-refractivity contribution in [3.63, 3.8) is 0 Å². The zero-order valence-corrected chi connectivity index (χ0v) is 12.1. The Labute approximate surface area is 119 Å². The highest BCUT2D eigenvalue weighted by Gasteiger charge is 2.26. The Hall–Kier alpha value is -1.62. The fourth-order valence-electron chi connectivity index (χ4n) is 2.34. The molecular weight excluding hydrogens is 257 g/mol. The van der Waals surface area contributed by atoms with Gasteiger partial charge < -0.3 is 15.5 Å². The lowest BCUT2D eigenvalue weighted by Crippen LogP contribution is -2.49. The van der Waals surface area contributed by atoms with Crippen molar-refractivity contribution in [1.29, 1.82) is 0 Å². The summed E-state index contributed by atoms with van der Waals surface area (Å²) in [5.41, 5.74) is 0.164. The molecule has 1 aliphatic rings. The SMILES string of the molecule is CC(C)(NC(=O)N1CCCNCC1)c1cccc(F)c1. The Morgan fingerprint density at radius 1 is 1.35 bits per heavy atom. The van der Waals surface area contributed by atoms with E-state index in [0.29, 0.717) is 6.54 Å². The summed E-state index contributed by atoms with van der Waals surface area (Å²) in [7, 11) is 0. The van der Waals surface area contributed by atoms with E-state index in [-0.39, 0.29) is 11.8 Å². The highest BCUT2D eigenvalue weighted by atomic mass is 19.1. The second kappa shape index (κ2) is 6.22. The van der Waals surface area contributed by atoms with Gasteiger partial charge in [-0.2, -0.15) is 0 Å². The molecule has 0 bridgehead atoms. The monoisotopic (exact) mass is 279 g/mol. The average Bonchev–Trinajstić information content (AvgIpc) is 2.67. The van der Waals surface area contributed by atoms with Crippen molar-refractivity contribution < 1.29 is 9.18 Å². The largest absolute Gasteiger partial charge is 0.329 e. The molecule has 2 amide bonds. The number of nitrogens with one attached hydrogen (secondary N) is 2. The van der Waals surface area contributed by atoms with Crippen LogP contribution in [0.25, 0.3) is 0 Å². The molecule has 1 saturated heterocycles. The zero-order chi connectivity index (χ0) is 14.6. The first-order valence-electron chi connectivity index (χ1n) is 7.03. The third-order valence-corrected chi connectivity index (χ3v) is 3.59. The van der Waals surface area contributed by atoms with E-state index in [4.69, 9.17) is 0 Å². The molecule has 1 aliphatic heterocycles. The Kier molecular flexibility index (Phi) is 4.60. The molecule has 4 nitrogen and oxygen atoms in total. The number of benzene rings is 1. The molecule has 5 heteroatoms. The van der Waals surface area contributed by atoms with Crippen LogP contribution in [-0.4, -0.2) is 37.1 Å². The average molecular weight is 279 g/mol. The predicted octanol–water partition coefficient (Wildman–Crippen LogP) is 2.07. The van der Waals surface area contributed by atoms with Crippen molar-refractivity contribution in [3.05, 3.63) is 35.6 Å². The van der Waals surface area contributed by atoms with Gasteiger partial charge in [0.15, 0.2) is 0 Å². The third kappa shape index (κ3) is 3.70. The fraction of sp³-hybridized carbons (Fsp3) is 0.533. The predicted molar refractivity (Wildman–Crippen MR) is 77.0 cm³/mol. The van der Waals surface area contributed by atoms with Crippen LogP contribution in [0.1, 0.15) is 25.8 Å². The van der Waals surface area contributed by atoms with Crippen LogP contribution in [0, 0.1) is 5.82 Å². The Bertz CT molecular complexity index is 468. The van der Waals surface area contributed by atoms with Gasteiger partial charge in [0.1, 0.15) is 5.82 Å². The van der Waals surface area contributed by atoms with Gasteiger partial charge in [-0.05, 0) is 44.5 Å². The van der Waals surface area contributed by atoms with Crippen molar-refractivity contribution in [3.8, 4) is 0 Å². The van der Waals surface area contributed by atoms with E-state index in [1.165, 1.54) is 12.1 Å². The summed E-state index contributed by atoms with van der Waals surface area (Å²) >= 11 is 0. The zero-order valence-electron chi connectivity index (χ0n) is 12.1. The molecule has 1 heterocycles. The highest BCUT2D eigenvalue weighted by molar-refractivity contribution is 5.75. The summed E-state index contributed by atoms with van der Waals surface area (Å²) in [4.78, 5) is 14.1. The van der Waals surface area contributed by atoms with Crippen LogP contribution in [0.2, 0.25) is 0 Å². The van der Waals surface area contributed by atoms with Crippen LogP contribution < -0.4 is 10.6 Å². The van der Waals surface area contributed by atoms with Crippen LogP contribution in [0.15, 0.2) is 24.3 Å². The third-order valence-electron chi connectivity index (χ3n) is 3.59. The summed E-state index contributed by atoms with van der Waals surface area (Å²) in [6.45, 7) is 6.97. The maximum atomic E-state index is 13.3. The molecular formula is C15H22FN3O. The second-order valence-corrected chi connectivity index (χ2v) is 5.66. The molecule has 2 rings (SSSR count). The molecule has 1 aromatic carbocycles. The first-order chi connectivity index (χ1) is 9.49. The van der Waals surface area contributed by atoms with Crippen molar-refractivity contribution in [2.45, 2.75) is 25.8 Å². The molecule has 0 saturated carbocycles. The molecule has 0 unspecified atom stereocenters. The van der Waals surface area contributed by atoms with E-state index in [1.807, 2.05) is 19.9 Å². The van der Waals surface area contributed by atoms with Gasteiger partial charge in [-0.3, -0.25) is 0 Å². The minimum absolute atomic E-state index is 0.0945. The Balaban J connectivity index is 2.05. The van der Waals surface area contributed by atoms with Gasteiger partial charge in [0.2, 0.25) is 0 Å². The van der Waals surface area contributed by atoms with Crippen molar-refractivity contribution >= 4 is 6.03 Å². The maximum Gasteiger partial charge on any atom is 0.318 e. The van der Waals surface area contributed by atoms with E-state index in [2.05, 4.69) is 10.6 Å². The van der Waals surface area contributed by atoms with E-state index in [9.17, 15) is 9.18 Å². The van der Waals surface area contributed by atoms with Crippen LogP contribution in [0.5, 0.6) is 0 Å². The number of amides is 2. The summed E-state index contributed by atoms with van der Waals surface area (Å²) in [6, 6.07) is 6.26. The quantitative estimate of drug-likeness (QED) is 0.870. The van der Waals surface area contributed by atoms with Crippen LogP contribution in [-0.2, 0) is 5.54 Å². The number of halogens is 1. The lowest BCUT2D eigenvalue weighted by atomic mass is 9.94. The van der Waals surface area contributed by atoms with Gasteiger partial charge in [0.25, 0.3) is 0 Å². The molecule has 0 aliphatic carbocycles. The maximum absolute atomic E-state index is 13.3. The van der Waals surface area contributed by atoms with Crippen molar-refractivity contribution in [1.82, 2.24) is 15.5 Å². The molecule has 0 radical (unpaired) electrons.